The van der Waals surface area contributed by atoms with E-state index in [0.717, 1.165) is 4.88 Å². The largest absolute Gasteiger partial charge is 0.478 e. The van der Waals surface area contributed by atoms with Crippen LogP contribution in [-0.4, -0.2) is 21.3 Å². The van der Waals surface area contributed by atoms with Gasteiger partial charge in [-0.2, -0.15) is 5.10 Å². The maximum absolute atomic E-state index is 10.8. The highest BCUT2D eigenvalue weighted by Crippen LogP contribution is 2.30. The number of aromatic amines is 1. The number of hydrogen-bond donors (Lipinski definition) is 2. The van der Waals surface area contributed by atoms with Gasteiger partial charge >= 0.3 is 5.97 Å². The van der Waals surface area contributed by atoms with Crippen molar-refractivity contribution in [2.45, 2.75) is 0 Å². The number of rotatable bonds is 2. The lowest BCUT2D eigenvalue weighted by Crippen LogP contribution is -1.95. The molecule has 2 rings (SSSR count). The predicted octanol–water partition coefficient (Wildman–Crippen LogP) is 2.49. The molecule has 0 atom stereocenters. The fourth-order valence-electron chi connectivity index (χ4n) is 1.08. The molecule has 0 amide bonds. The summed E-state index contributed by atoms with van der Waals surface area (Å²) < 4.78 is 0. The van der Waals surface area contributed by atoms with Gasteiger partial charge in [0.1, 0.15) is 5.56 Å². The van der Waals surface area contributed by atoms with Crippen LogP contribution in [0.5, 0.6) is 0 Å². The van der Waals surface area contributed by atoms with Gasteiger partial charge in [0.05, 0.1) is 21.8 Å². The Morgan fingerprint density at radius 1 is 1.64 bits per heavy atom. The summed E-state index contributed by atoms with van der Waals surface area (Å²) in [5.41, 5.74) is 0.651. The minimum Gasteiger partial charge on any atom is -0.478 e. The lowest BCUT2D eigenvalue weighted by molar-refractivity contribution is 0.0698. The third kappa shape index (κ3) is 1.51. The Balaban J connectivity index is 2.51. The van der Waals surface area contributed by atoms with Crippen LogP contribution in [0, 0.1) is 0 Å². The highest BCUT2D eigenvalue weighted by Gasteiger charge is 2.15. The number of carboxylic acid groups (broad SMARTS) is 1. The zero-order valence-corrected chi connectivity index (χ0v) is 8.39. The van der Waals surface area contributed by atoms with Gasteiger partial charge in [0.25, 0.3) is 0 Å². The molecule has 0 aliphatic carbocycles. The number of aromatic carboxylic acids is 1. The maximum atomic E-state index is 10.8. The molecule has 0 bridgehead atoms. The lowest BCUT2D eigenvalue weighted by Gasteiger charge is -1.93. The summed E-state index contributed by atoms with van der Waals surface area (Å²) in [6.45, 7) is 0. The van der Waals surface area contributed by atoms with Crippen molar-refractivity contribution in [2.24, 2.45) is 0 Å². The van der Waals surface area contributed by atoms with E-state index in [4.69, 9.17) is 16.7 Å². The second-order valence-electron chi connectivity index (χ2n) is 2.59. The van der Waals surface area contributed by atoms with Gasteiger partial charge in [-0.25, -0.2) is 4.79 Å². The molecule has 2 aromatic rings. The maximum Gasteiger partial charge on any atom is 0.339 e. The second-order valence-corrected chi connectivity index (χ2v) is 3.94. The highest BCUT2D eigenvalue weighted by atomic mass is 35.5. The average molecular weight is 229 g/mol. The van der Waals surface area contributed by atoms with Gasteiger partial charge in [0, 0.05) is 5.38 Å². The Kier molecular flexibility index (Phi) is 2.26. The number of carboxylic acids is 1. The molecule has 6 heteroatoms. The van der Waals surface area contributed by atoms with Crippen molar-refractivity contribution in [2.75, 3.05) is 0 Å². The third-order valence-corrected chi connectivity index (χ3v) is 2.98. The van der Waals surface area contributed by atoms with Crippen LogP contribution in [0.2, 0.25) is 5.02 Å². The van der Waals surface area contributed by atoms with Crippen LogP contribution in [0.3, 0.4) is 0 Å². The summed E-state index contributed by atoms with van der Waals surface area (Å²) in [5.74, 6) is -1.00. The van der Waals surface area contributed by atoms with E-state index in [9.17, 15) is 4.79 Å². The summed E-state index contributed by atoms with van der Waals surface area (Å²) in [4.78, 5) is 11.5. The van der Waals surface area contributed by atoms with Crippen LogP contribution in [0.1, 0.15) is 10.4 Å². The first kappa shape index (κ1) is 9.23. The van der Waals surface area contributed by atoms with E-state index in [0.29, 0.717) is 10.7 Å². The Morgan fingerprint density at radius 3 is 3.00 bits per heavy atom. The molecule has 0 aliphatic heterocycles. The van der Waals surface area contributed by atoms with Crippen LogP contribution < -0.4 is 0 Å². The van der Waals surface area contributed by atoms with Crippen LogP contribution >= 0.6 is 22.9 Å². The number of aromatic nitrogens is 2. The fourth-order valence-corrected chi connectivity index (χ4v) is 2.16. The zero-order valence-electron chi connectivity index (χ0n) is 6.82. The molecule has 2 heterocycles. The number of H-pyrrole nitrogens is 1. The van der Waals surface area contributed by atoms with Crippen molar-refractivity contribution in [3.05, 3.63) is 28.2 Å². The third-order valence-electron chi connectivity index (χ3n) is 1.68. The number of hydrogen-bond acceptors (Lipinski definition) is 3. The van der Waals surface area contributed by atoms with Crippen LogP contribution in [0.15, 0.2) is 17.6 Å². The number of nitrogens with zero attached hydrogens (tertiary/aromatic N) is 1. The molecule has 14 heavy (non-hydrogen) atoms. The summed E-state index contributed by atoms with van der Waals surface area (Å²) >= 11 is 7.11. The first-order chi connectivity index (χ1) is 6.68. The molecule has 0 radical (unpaired) electrons. The summed E-state index contributed by atoms with van der Waals surface area (Å²) in [6, 6.07) is 1.70. The molecule has 0 spiro atoms. The number of thiophene rings is 1. The monoisotopic (exact) mass is 228 g/mol. The van der Waals surface area contributed by atoms with Gasteiger partial charge in [-0.3, -0.25) is 5.10 Å². The lowest BCUT2D eigenvalue weighted by atomic mass is 10.2. The van der Waals surface area contributed by atoms with E-state index in [1.54, 1.807) is 11.4 Å². The van der Waals surface area contributed by atoms with Crippen LogP contribution in [0.25, 0.3) is 10.6 Å². The Hall–Kier alpha value is -1.33. The van der Waals surface area contributed by atoms with Gasteiger partial charge in [-0.15, -0.1) is 11.3 Å². The standard InChI is InChI=1S/C8H5ClN2O2S/c9-4-1-6(14-3-4)7-5(8(12)13)2-10-11-7/h1-3H,(H,10,11)(H,12,13). The molecule has 72 valence electrons. The van der Waals surface area contributed by atoms with Crippen LogP contribution in [0.4, 0.5) is 0 Å². The highest BCUT2D eigenvalue weighted by molar-refractivity contribution is 7.14. The van der Waals surface area contributed by atoms with E-state index in [1.165, 1.54) is 17.5 Å². The van der Waals surface area contributed by atoms with Gasteiger partial charge < -0.3 is 5.11 Å². The van der Waals surface area contributed by atoms with Gasteiger partial charge in [-0.1, -0.05) is 11.6 Å². The van der Waals surface area contributed by atoms with Crippen molar-refractivity contribution < 1.29 is 9.90 Å². The normalized spacial score (nSPS) is 10.4. The van der Waals surface area contributed by atoms with Crippen molar-refractivity contribution in [1.82, 2.24) is 10.2 Å². The van der Waals surface area contributed by atoms with Gasteiger partial charge in [0.2, 0.25) is 0 Å². The molecule has 0 unspecified atom stereocenters. The van der Waals surface area contributed by atoms with Crippen molar-refractivity contribution in [3.63, 3.8) is 0 Å². The van der Waals surface area contributed by atoms with E-state index >= 15 is 0 Å². The minimum atomic E-state index is -1.00. The Bertz CT molecular complexity index is 477. The van der Waals surface area contributed by atoms with Crippen molar-refractivity contribution in [3.8, 4) is 10.6 Å². The van der Waals surface area contributed by atoms with Crippen molar-refractivity contribution >= 4 is 28.9 Å². The first-order valence-corrected chi connectivity index (χ1v) is 4.95. The molecule has 0 saturated heterocycles. The summed E-state index contributed by atoms with van der Waals surface area (Å²) in [5, 5.41) is 17.5. The van der Waals surface area contributed by atoms with Gasteiger partial charge in [-0.05, 0) is 6.07 Å². The van der Waals surface area contributed by atoms with E-state index < -0.39 is 5.97 Å². The molecule has 0 aliphatic rings. The topological polar surface area (TPSA) is 66.0 Å². The SMILES string of the molecule is O=C(O)c1cn[nH]c1-c1cc(Cl)cs1. The van der Waals surface area contributed by atoms with E-state index in [1.807, 2.05) is 0 Å². The number of carbonyl (C=O) groups is 1. The van der Waals surface area contributed by atoms with Gasteiger partial charge in [0.15, 0.2) is 0 Å². The van der Waals surface area contributed by atoms with Crippen LogP contribution in [-0.2, 0) is 0 Å². The fraction of sp³-hybridized carbons (Fsp3) is 0. The predicted molar refractivity (Wildman–Crippen MR) is 53.9 cm³/mol. The average Bonchev–Trinajstić information content (AvgIpc) is 2.70. The summed E-state index contributed by atoms with van der Waals surface area (Å²) in [6.07, 6.45) is 1.28. The molecule has 0 saturated carbocycles. The Labute approximate surface area is 88.2 Å². The molecule has 0 fully saturated rings. The first-order valence-electron chi connectivity index (χ1n) is 3.69. The molecule has 0 aromatic carbocycles. The molecule has 4 nitrogen and oxygen atoms in total. The number of nitrogens with one attached hydrogen (secondary N) is 1. The molecule has 2 N–H and O–H groups in total. The zero-order chi connectivity index (χ0) is 10.1. The van der Waals surface area contributed by atoms with Crippen molar-refractivity contribution in [1.29, 1.82) is 0 Å². The smallest absolute Gasteiger partial charge is 0.339 e. The molecular weight excluding hydrogens is 224 g/mol. The summed E-state index contributed by atoms with van der Waals surface area (Å²) in [7, 11) is 0. The Morgan fingerprint density at radius 2 is 2.43 bits per heavy atom. The minimum absolute atomic E-state index is 0.156. The molecule has 2 aromatic heterocycles. The molecular formula is C8H5ClN2O2S. The van der Waals surface area contributed by atoms with E-state index in [-0.39, 0.29) is 5.56 Å². The van der Waals surface area contributed by atoms with E-state index in [2.05, 4.69) is 10.2 Å². The quantitative estimate of drug-likeness (QED) is 0.830. The second kappa shape index (κ2) is 3.43. The number of halogens is 1.